The number of carbonyl (C=O) groups excluding carboxylic acids is 1. The highest BCUT2D eigenvalue weighted by molar-refractivity contribution is 5.78. The molecule has 1 heterocycles. The Morgan fingerprint density at radius 3 is 2.54 bits per heavy atom. The van der Waals surface area contributed by atoms with Gasteiger partial charge in [0.25, 0.3) is 0 Å². The standard InChI is InChI=1S/C17H23FN4O2/c1-11(2)16-20-21-17(24-16)12(3)19-15(23)10-22(4)9-13-7-5-6-8-14(13)18/h5-8,11-12H,9-10H2,1-4H3,(H,19,23)/t12-/m0/s1. The SMILES string of the molecule is CC(C)c1nnc([C@H](C)NC(=O)CN(C)Cc2ccccc2F)o1. The monoisotopic (exact) mass is 334 g/mol. The molecule has 6 nitrogen and oxygen atoms in total. The van der Waals surface area contributed by atoms with Gasteiger partial charge in [-0.2, -0.15) is 0 Å². The number of halogens is 1. The van der Waals surface area contributed by atoms with Crippen LogP contribution in [-0.2, 0) is 11.3 Å². The summed E-state index contributed by atoms with van der Waals surface area (Å²) in [5.74, 6) is 0.600. The molecule has 0 radical (unpaired) electrons. The first-order valence-corrected chi connectivity index (χ1v) is 7.91. The summed E-state index contributed by atoms with van der Waals surface area (Å²) in [5, 5.41) is 10.7. The molecule has 1 aromatic heterocycles. The summed E-state index contributed by atoms with van der Waals surface area (Å²) < 4.78 is 19.2. The summed E-state index contributed by atoms with van der Waals surface area (Å²) in [6.07, 6.45) is 0. The van der Waals surface area contributed by atoms with Crippen molar-refractivity contribution < 1.29 is 13.6 Å². The Hall–Kier alpha value is -2.28. The Morgan fingerprint density at radius 1 is 1.25 bits per heavy atom. The largest absolute Gasteiger partial charge is 0.423 e. The summed E-state index contributed by atoms with van der Waals surface area (Å²) in [6.45, 7) is 6.19. The van der Waals surface area contributed by atoms with Gasteiger partial charge in [-0.25, -0.2) is 4.39 Å². The molecule has 7 heteroatoms. The summed E-state index contributed by atoms with van der Waals surface area (Å²) in [5.41, 5.74) is 0.555. The van der Waals surface area contributed by atoms with E-state index in [1.54, 1.807) is 37.1 Å². The van der Waals surface area contributed by atoms with Gasteiger partial charge in [0, 0.05) is 18.0 Å². The van der Waals surface area contributed by atoms with Crippen molar-refractivity contribution >= 4 is 5.91 Å². The molecule has 0 aliphatic heterocycles. The minimum atomic E-state index is -0.376. The van der Waals surface area contributed by atoms with Gasteiger partial charge in [-0.3, -0.25) is 9.69 Å². The van der Waals surface area contributed by atoms with Crippen molar-refractivity contribution in [2.24, 2.45) is 0 Å². The van der Waals surface area contributed by atoms with E-state index in [0.717, 1.165) is 0 Å². The van der Waals surface area contributed by atoms with Gasteiger partial charge in [0.05, 0.1) is 6.54 Å². The smallest absolute Gasteiger partial charge is 0.238 e. The highest BCUT2D eigenvalue weighted by Gasteiger charge is 2.18. The molecule has 1 N–H and O–H groups in total. The van der Waals surface area contributed by atoms with Gasteiger partial charge in [0.2, 0.25) is 17.7 Å². The van der Waals surface area contributed by atoms with E-state index in [0.29, 0.717) is 23.9 Å². The van der Waals surface area contributed by atoms with Crippen molar-refractivity contribution in [1.29, 1.82) is 0 Å². The first kappa shape index (κ1) is 18.1. The van der Waals surface area contributed by atoms with E-state index in [1.807, 2.05) is 13.8 Å². The fourth-order valence-electron chi connectivity index (χ4n) is 2.22. The zero-order chi connectivity index (χ0) is 17.7. The molecule has 1 aromatic carbocycles. The third-order valence-corrected chi connectivity index (χ3v) is 3.51. The predicted molar refractivity (Wildman–Crippen MR) is 87.7 cm³/mol. The first-order valence-electron chi connectivity index (χ1n) is 7.91. The van der Waals surface area contributed by atoms with Gasteiger partial charge in [-0.15, -0.1) is 10.2 Å². The number of hydrogen-bond donors (Lipinski definition) is 1. The first-order chi connectivity index (χ1) is 11.4. The average Bonchev–Trinajstić information content (AvgIpc) is 2.99. The maximum atomic E-state index is 13.6. The highest BCUT2D eigenvalue weighted by Crippen LogP contribution is 2.16. The van der Waals surface area contributed by atoms with Crippen molar-refractivity contribution in [2.75, 3.05) is 13.6 Å². The number of aromatic nitrogens is 2. The molecule has 0 aliphatic rings. The van der Waals surface area contributed by atoms with Crippen LogP contribution in [0.15, 0.2) is 28.7 Å². The molecule has 24 heavy (non-hydrogen) atoms. The molecule has 0 saturated heterocycles. The number of carbonyl (C=O) groups is 1. The molecular formula is C17H23FN4O2. The van der Waals surface area contributed by atoms with Gasteiger partial charge < -0.3 is 9.73 Å². The van der Waals surface area contributed by atoms with Crippen LogP contribution in [-0.4, -0.2) is 34.6 Å². The van der Waals surface area contributed by atoms with Crippen LogP contribution in [0, 0.1) is 5.82 Å². The van der Waals surface area contributed by atoms with E-state index in [-0.39, 0.29) is 30.2 Å². The second kappa shape index (κ2) is 8.01. The quantitative estimate of drug-likeness (QED) is 0.843. The van der Waals surface area contributed by atoms with Crippen LogP contribution < -0.4 is 5.32 Å². The lowest BCUT2D eigenvalue weighted by atomic mass is 10.2. The van der Waals surface area contributed by atoms with Crippen molar-refractivity contribution in [2.45, 2.75) is 39.3 Å². The van der Waals surface area contributed by atoms with Crippen LogP contribution in [0.3, 0.4) is 0 Å². The normalized spacial score (nSPS) is 12.6. The van der Waals surface area contributed by atoms with Crippen LogP contribution in [0.5, 0.6) is 0 Å². The zero-order valence-electron chi connectivity index (χ0n) is 14.4. The Kier molecular flexibility index (Phi) is 6.03. The molecule has 1 amide bonds. The Labute approximate surface area is 141 Å². The minimum Gasteiger partial charge on any atom is -0.423 e. The van der Waals surface area contributed by atoms with Gasteiger partial charge in [0.15, 0.2) is 0 Å². The Bertz CT molecular complexity index is 687. The number of likely N-dealkylation sites (N-methyl/N-ethyl adjacent to an activating group) is 1. The molecule has 1 atom stereocenters. The van der Waals surface area contributed by atoms with Crippen LogP contribution in [0.25, 0.3) is 0 Å². The molecule has 130 valence electrons. The second-order valence-corrected chi connectivity index (χ2v) is 6.19. The van der Waals surface area contributed by atoms with E-state index in [2.05, 4.69) is 15.5 Å². The van der Waals surface area contributed by atoms with E-state index < -0.39 is 0 Å². The number of nitrogens with one attached hydrogen (secondary N) is 1. The number of rotatable bonds is 7. The Morgan fingerprint density at radius 2 is 1.92 bits per heavy atom. The van der Waals surface area contributed by atoms with Crippen LogP contribution in [0.1, 0.15) is 50.1 Å². The maximum absolute atomic E-state index is 13.6. The number of amides is 1. The fraction of sp³-hybridized carbons (Fsp3) is 0.471. The van der Waals surface area contributed by atoms with Crippen molar-refractivity contribution in [3.63, 3.8) is 0 Å². The third-order valence-electron chi connectivity index (χ3n) is 3.51. The van der Waals surface area contributed by atoms with E-state index in [9.17, 15) is 9.18 Å². The molecular weight excluding hydrogens is 311 g/mol. The maximum Gasteiger partial charge on any atom is 0.238 e. The summed E-state index contributed by atoms with van der Waals surface area (Å²) in [6, 6.07) is 6.16. The lowest BCUT2D eigenvalue weighted by molar-refractivity contribution is -0.122. The lowest BCUT2D eigenvalue weighted by Crippen LogP contribution is -2.36. The molecule has 0 spiro atoms. The van der Waals surface area contributed by atoms with E-state index >= 15 is 0 Å². The summed E-state index contributed by atoms with van der Waals surface area (Å²) >= 11 is 0. The zero-order valence-corrected chi connectivity index (χ0v) is 14.4. The van der Waals surface area contributed by atoms with Gasteiger partial charge >= 0.3 is 0 Å². The van der Waals surface area contributed by atoms with Crippen molar-refractivity contribution in [3.8, 4) is 0 Å². The number of hydrogen-bond acceptors (Lipinski definition) is 5. The topological polar surface area (TPSA) is 71.3 Å². The molecule has 2 aromatic rings. The number of benzene rings is 1. The number of nitrogens with zero attached hydrogens (tertiary/aromatic N) is 3. The molecule has 0 aliphatic carbocycles. The van der Waals surface area contributed by atoms with Crippen molar-refractivity contribution in [1.82, 2.24) is 20.4 Å². The molecule has 0 fully saturated rings. The van der Waals surface area contributed by atoms with Crippen molar-refractivity contribution in [3.05, 3.63) is 47.4 Å². The highest BCUT2D eigenvalue weighted by atomic mass is 19.1. The van der Waals surface area contributed by atoms with Crippen LogP contribution in [0.4, 0.5) is 4.39 Å². The van der Waals surface area contributed by atoms with Gasteiger partial charge in [0.1, 0.15) is 11.9 Å². The predicted octanol–water partition coefficient (Wildman–Crippen LogP) is 2.64. The van der Waals surface area contributed by atoms with Gasteiger partial charge in [-0.05, 0) is 20.0 Å². The molecule has 0 unspecified atom stereocenters. The second-order valence-electron chi connectivity index (χ2n) is 6.19. The fourth-order valence-corrected chi connectivity index (χ4v) is 2.22. The summed E-state index contributed by atoms with van der Waals surface area (Å²) in [4.78, 5) is 13.9. The molecule has 0 saturated carbocycles. The molecule has 2 rings (SSSR count). The van der Waals surface area contributed by atoms with E-state index in [4.69, 9.17) is 4.42 Å². The average molecular weight is 334 g/mol. The lowest BCUT2D eigenvalue weighted by Gasteiger charge is -2.18. The van der Waals surface area contributed by atoms with Crippen LogP contribution >= 0.6 is 0 Å². The Balaban J connectivity index is 1.86. The van der Waals surface area contributed by atoms with Gasteiger partial charge in [-0.1, -0.05) is 32.0 Å². The minimum absolute atomic E-state index is 0.140. The third kappa shape index (κ3) is 4.86. The van der Waals surface area contributed by atoms with E-state index in [1.165, 1.54) is 6.07 Å². The van der Waals surface area contributed by atoms with Crippen LogP contribution in [0.2, 0.25) is 0 Å². The molecule has 0 bridgehead atoms. The summed E-state index contributed by atoms with van der Waals surface area (Å²) in [7, 11) is 1.76.